The molecule has 1 saturated heterocycles. The number of aromatic nitrogens is 3. The standard InChI is InChI=1S/C19H21N5O2S/c1-2-14-11-16(25)24-18(21-14)27-19(22-24)23-10-6-9-15(23)17(26)20-12-13-7-4-3-5-8-13/h3-5,7-8,11,15H,2,6,9-10,12H2,1H3,(H,20,26). The number of hydrogen-bond acceptors (Lipinski definition) is 6. The van der Waals surface area contributed by atoms with E-state index in [1.165, 1.54) is 21.9 Å². The number of nitrogens with one attached hydrogen (secondary N) is 1. The maximum Gasteiger partial charge on any atom is 0.275 e. The number of carbonyl (C=O) groups is 1. The van der Waals surface area contributed by atoms with Gasteiger partial charge in [-0.15, -0.1) is 5.10 Å². The Morgan fingerprint density at radius 2 is 2.15 bits per heavy atom. The van der Waals surface area contributed by atoms with Gasteiger partial charge in [0, 0.05) is 24.8 Å². The third-order valence-electron chi connectivity index (χ3n) is 4.76. The highest BCUT2D eigenvalue weighted by Crippen LogP contribution is 2.29. The molecule has 1 aliphatic heterocycles. The van der Waals surface area contributed by atoms with Gasteiger partial charge in [-0.2, -0.15) is 4.52 Å². The van der Waals surface area contributed by atoms with Crippen molar-refractivity contribution in [3.63, 3.8) is 0 Å². The second-order valence-electron chi connectivity index (χ2n) is 6.57. The SMILES string of the molecule is CCc1cc(=O)n2nc(N3CCCC3C(=O)NCc3ccccc3)sc2n1. The van der Waals surface area contributed by atoms with Gasteiger partial charge in [-0.25, -0.2) is 4.98 Å². The summed E-state index contributed by atoms with van der Waals surface area (Å²) in [7, 11) is 0. The molecule has 8 heteroatoms. The number of anilines is 1. The molecule has 0 spiro atoms. The normalized spacial score (nSPS) is 16.8. The fourth-order valence-corrected chi connectivity index (χ4v) is 4.32. The van der Waals surface area contributed by atoms with Crippen molar-refractivity contribution in [1.29, 1.82) is 0 Å². The van der Waals surface area contributed by atoms with Crippen LogP contribution in [-0.2, 0) is 17.8 Å². The molecule has 2 aromatic heterocycles. The van der Waals surface area contributed by atoms with Crippen molar-refractivity contribution in [1.82, 2.24) is 19.9 Å². The molecule has 0 aliphatic carbocycles. The van der Waals surface area contributed by atoms with Crippen LogP contribution in [-0.4, -0.2) is 33.1 Å². The summed E-state index contributed by atoms with van der Waals surface area (Å²) in [5, 5.41) is 8.11. The summed E-state index contributed by atoms with van der Waals surface area (Å²) in [5.74, 6) is -0.00911. The molecule has 0 saturated carbocycles. The molecule has 4 rings (SSSR count). The summed E-state index contributed by atoms with van der Waals surface area (Å²) in [6, 6.07) is 11.1. The number of benzene rings is 1. The molecule has 1 aliphatic rings. The lowest BCUT2D eigenvalue weighted by Crippen LogP contribution is -2.43. The number of hydrogen-bond donors (Lipinski definition) is 1. The van der Waals surface area contributed by atoms with E-state index in [0.717, 1.165) is 30.6 Å². The van der Waals surface area contributed by atoms with Crippen LogP contribution in [0, 0.1) is 0 Å². The number of nitrogens with zero attached hydrogens (tertiary/aromatic N) is 4. The average molecular weight is 383 g/mol. The summed E-state index contributed by atoms with van der Waals surface area (Å²) in [4.78, 5) is 32.0. The van der Waals surface area contributed by atoms with Crippen molar-refractivity contribution in [2.24, 2.45) is 0 Å². The molecule has 140 valence electrons. The Morgan fingerprint density at radius 1 is 1.33 bits per heavy atom. The van der Waals surface area contributed by atoms with Gasteiger partial charge in [-0.3, -0.25) is 9.59 Å². The molecule has 0 radical (unpaired) electrons. The summed E-state index contributed by atoms with van der Waals surface area (Å²) < 4.78 is 1.33. The fraction of sp³-hybridized carbons (Fsp3) is 0.368. The second-order valence-corrected chi connectivity index (χ2v) is 7.51. The maximum atomic E-state index is 12.7. The summed E-state index contributed by atoms with van der Waals surface area (Å²) in [6.07, 6.45) is 2.40. The third kappa shape index (κ3) is 3.57. The van der Waals surface area contributed by atoms with E-state index >= 15 is 0 Å². The van der Waals surface area contributed by atoms with Crippen LogP contribution in [0.15, 0.2) is 41.2 Å². The predicted molar refractivity (Wildman–Crippen MR) is 105 cm³/mol. The Balaban J connectivity index is 1.54. The minimum atomic E-state index is -0.268. The number of amides is 1. The molecule has 0 bridgehead atoms. The van der Waals surface area contributed by atoms with Gasteiger partial charge in [-0.05, 0) is 24.8 Å². The highest BCUT2D eigenvalue weighted by atomic mass is 32.1. The van der Waals surface area contributed by atoms with E-state index in [1.54, 1.807) is 0 Å². The van der Waals surface area contributed by atoms with Gasteiger partial charge in [0.05, 0.1) is 0 Å². The minimum absolute atomic E-state index is 0.00911. The first kappa shape index (κ1) is 17.7. The van der Waals surface area contributed by atoms with Gasteiger partial charge in [0.25, 0.3) is 5.56 Å². The predicted octanol–water partition coefficient (Wildman–Crippen LogP) is 2.00. The lowest BCUT2D eigenvalue weighted by Gasteiger charge is -2.22. The molecule has 1 N–H and O–H groups in total. The van der Waals surface area contributed by atoms with E-state index in [-0.39, 0.29) is 17.5 Å². The molecule has 3 aromatic rings. The van der Waals surface area contributed by atoms with Crippen LogP contribution >= 0.6 is 11.3 Å². The van der Waals surface area contributed by atoms with Crippen LogP contribution in [0.1, 0.15) is 31.0 Å². The fourth-order valence-electron chi connectivity index (χ4n) is 3.31. The first-order chi connectivity index (χ1) is 13.2. The van der Waals surface area contributed by atoms with Gasteiger partial charge in [0.1, 0.15) is 6.04 Å². The Bertz CT molecular complexity index is 1010. The second kappa shape index (κ2) is 7.48. The highest BCUT2D eigenvalue weighted by molar-refractivity contribution is 7.20. The van der Waals surface area contributed by atoms with Gasteiger partial charge >= 0.3 is 0 Å². The third-order valence-corrected chi connectivity index (χ3v) is 5.71. The topological polar surface area (TPSA) is 79.6 Å². The van der Waals surface area contributed by atoms with Crippen LogP contribution in [0.5, 0.6) is 0 Å². The molecule has 27 heavy (non-hydrogen) atoms. The van der Waals surface area contributed by atoms with Crippen molar-refractivity contribution in [3.8, 4) is 0 Å². The van der Waals surface area contributed by atoms with E-state index in [1.807, 2.05) is 42.2 Å². The Kier molecular flexibility index (Phi) is 4.89. The molecule has 7 nitrogen and oxygen atoms in total. The van der Waals surface area contributed by atoms with Gasteiger partial charge < -0.3 is 10.2 Å². The monoisotopic (exact) mass is 383 g/mol. The molecule has 1 fully saturated rings. The van der Waals surface area contributed by atoms with Crippen molar-refractivity contribution in [3.05, 3.63) is 58.0 Å². The number of carbonyl (C=O) groups excluding carboxylic acids is 1. The van der Waals surface area contributed by atoms with E-state index in [4.69, 9.17) is 0 Å². The molecule has 1 aromatic carbocycles. The van der Waals surface area contributed by atoms with Crippen molar-refractivity contribution < 1.29 is 4.79 Å². The van der Waals surface area contributed by atoms with Crippen molar-refractivity contribution >= 4 is 27.3 Å². The largest absolute Gasteiger partial charge is 0.350 e. The van der Waals surface area contributed by atoms with E-state index in [9.17, 15) is 9.59 Å². The van der Waals surface area contributed by atoms with E-state index in [2.05, 4.69) is 15.4 Å². The Morgan fingerprint density at radius 3 is 2.93 bits per heavy atom. The summed E-state index contributed by atoms with van der Waals surface area (Å²) >= 11 is 1.36. The van der Waals surface area contributed by atoms with Crippen LogP contribution in [0.2, 0.25) is 0 Å². The first-order valence-electron chi connectivity index (χ1n) is 9.14. The van der Waals surface area contributed by atoms with Crippen LogP contribution in [0.3, 0.4) is 0 Å². The summed E-state index contributed by atoms with van der Waals surface area (Å²) in [6.45, 7) is 3.22. The average Bonchev–Trinajstić information content (AvgIpc) is 3.33. The molecule has 3 heterocycles. The molecule has 1 unspecified atom stereocenters. The zero-order chi connectivity index (χ0) is 18.8. The van der Waals surface area contributed by atoms with Gasteiger partial charge in [0.2, 0.25) is 16.0 Å². The Labute approximate surface area is 160 Å². The lowest BCUT2D eigenvalue weighted by atomic mass is 10.2. The van der Waals surface area contributed by atoms with E-state index < -0.39 is 0 Å². The smallest absolute Gasteiger partial charge is 0.275 e. The molecule has 1 amide bonds. The maximum absolute atomic E-state index is 12.7. The van der Waals surface area contributed by atoms with Crippen LogP contribution in [0.25, 0.3) is 4.96 Å². The molecular formula is C19H21N5O2S. The van der Waals surface area contributed by atoms with Crippen LogP contribution in [0.4, 0.5) is 5.13 Å². The lowest BCUT2D eigenvalue weighted by molar-refractivity contribution is -0.122. The quantitative estimate of drug-likeness (QED) is 0.729. The van der Waals surface area contributed by atoms with E-state index in [0.29, 0.717) is 23.1 Å². The zero-order valence-electron chi connectivity index (χ0n) is 15.1. The number of aryl methyl sites for hydroxylation is 1. The van der Waals surface area contributed by atoms with Gasteiger partial charge in [-0.1, -0.05) is 48.6 Å². The van der Waals surface area contributed by atoms with Crippen molar-refractivity contribution in [2.45, 2.75) is 38.8 Å². The minimum Gasteiger partial charge on any atom is -0.350 e. The summed E-state index contributed by atoms with van der Waals surface area (Å²) in [5.41, 5.74) is 1.65. The van der Waals surface area contributed by atoms with Crippen molar-refractivity contribution in [2.75, 3.05) is 11.4 Å². The Hall–Kier alpha value is -2.74. The molecule has 1 atom stereocenters. The first-order valence-corrected chi connectivity index (χ1v) is 9.95. The zero-order valence-corrected chi connectivity index (χ0v) is 15.9. The highest BCUT2D eigenvalue weighted by Gasteiger charge is 2.33. The number of rotatable bonds is 5. The molecular weight excluding hydrogens is 362 g/mol. The van der Waals surface area contributed by atoms with Crippen LogP contribution < -0.4 is 15.8 Å². The van der Waals surface area contributed by atoms with Gasteiger partial charge in [0.15, 0.2) is 0 Å². The number of fused-ring (bicyclic) bond motifs is 1.